The molecule has 7 heteroatoms. The molecule has 2 rings (SSSR count). The van der Waals surface area contributed by atoms with Gasteiger partial charge in [0.15, 0.2) is 5.13 Å². The molecule has 0 spiro atoms. The van der Waals surface area contributed by atoms with Crippen molar-refractivity contribution in [2.24, 2.45) is 5.92 Å². The summed E-state index contributed by atoms with van der Waals surface area (Å²) in [6, 6.07) is 5.31. The maximum Gasteiger partial charge on any atom is 0.243 e. The summed E-state index contributed by atoms with van der Waals surface area (Å²) >= 11 is 7.30. The fourth-order valence-electron chi connectivity index (χ4n) is 1.41. The third-order valence-corrected chi connectivity index (χ3v) is 3.71. The number of ether oxygens (including phenoxy) is 1. The molecule has 0 fully saturated rings. The average Bonchev–Trinajstić information content (AvgIpc) is 2.77. The van der Waals surface area contributed by atoms with Crippen LogP contribution in [0.2, 0.25) is 5.02 Å². The Labute approximate surface area is 118 Å². The summed E-state index contributed by atoms with van der Waals surface area (Å²) in [5, 5.41) is 12.2. The number of anilines is 1. The third-order valence-electron chi connectivity index (χ3n) is 2.48. The molecule has 1 N–H and O–H groups in total. The van der Waals surface area contributed by atoms with Crippen LogP contribution >= 0.6 is 22.9 Å². The van der Waals surface area contributed by atoms with Crippen molar-refractivity contribution in [2.45, 2.75) is 6.92 Å². The van der Waals surface area contributed by atoms with E-state index in [2.05, 4.69) is 10.3 Å². The van der Waals surface area contributed by atoms with Gasteiger partial charge in [0.05, 0.1) is 28.4 Å². The SMILES string of the molecule is COc1cc2sc(NC(=O)C(C)C#N)nc2cc1Cl. The van der Waals surface area contributed by atoms with Gasteiger partial charge in [-0.2, -0.15) is 5.26 Å². The summed E-state index contributed by atoms with van der Waals surface area (Å²) in [7, 11) is 1.53. The predicted octanol–water partition coefficient (Wildman–Crippen LogP) is 3.06. The number of amides is 1. The number of fused-ring (bicyclic) bond motifs is 1. The molecule has 1 unspecified atom stereocenters. The van der Waals surface area contributed by atoms with Gasteiger partial charge in [-0.3, -0.25) is 4.79 Å². The van der Waals surface area contributed by atoms with Gasteiger partial charge in [-0.05, 0) is 13.0 Å². The standard InChI is InChI=1S/C12H10ClN3O2S/c1-6(5-14)11(17)16-12-15-8-3-7(13)9(18-2)4-10(8)19-12/h3-4,6H,1-2H3,(H,15,16,17). The number of nitrogens with zero attached hydrogens (tertiary/aromatic N) is 2. The Morgan fingerprint density at radius 2 is 2.37 bits per heavy atom. The Bertz CT molecular complexity index is 677. The lowest BCUT2D eigenvalue weighted by Gasteiger charge is -2.00. The molecule has 0 saturated heterocycles. The van der Waals surface area contributed by atoms with Gasteiger partial charge in [0.25, 0.3) is 0 Å². The number of thiazole rings is 1. The molecule has 98 valence electrons. The first kappa shape index (κ1) is 13.6. The molecular weight excluding hydrogens is 286 g/mol. The number of nitrogens with one attached hydrogen (secondary N) is 1. The van der Waals surface area contributed by atoms with Crippen molar-refractivity contribution in [3.05, 3.63) is 17.2 Å². The lowest BCUT2D eigenvalue weighted by atomic mass is 10.2. The fraction of sp³-hybridized carbons (Fsp3) is 0.250. The van der Waals surface area contributed by atoms with E-state index in [1.165, 1.54) is 25.4 Å². The van der Waals surface area contributed by atoms with Crippen molar-refractivity contribution in [2.75, 3.05) is 12.4 Å². The summed E-state index contributed by atoms with van der Waals surface area (Å²) < 4.78 is 5.96. The highest BCUT2D eigenvalue weighted by Gasteiger charge is 2.15. The minimum Gasteiger partial charge on any atom is -0.495 e. The minimum absolute atomic E-state index is 0.375. The van der Waals surface area contributed by atoms with Crippen LogP contribution in [0.25, 0.3) is 10.2 Å². The molecule has 0 saturated carbocycles. The van der Waals surface area contributed by atoms with Gasteiger partial charge in [0.2, 0.25) is 5.91 Å². The Morgan fingerprint density at radius 1 is 1.63 bits per heavy atom. The van der Waals surface area contributed by atoms with Crippen molar-refractivity contribution >= 4 is 44.2 Å². The summed E-state index contributed by atoms with van der Waals surface area (Å²) in [4.78, 5) is 15.8. The highest BCUT2D eigenvalue weighted by Crippen LogP contribution is 2.34. The van der Waals surface area contributed by atoms with E-state index < -0.39 is 5.92 Å². The molecule has 1 aromatic heterocycles. The number of rotatable bonds is 3. The summed E-state index contributed by atoms with van der Waals surface area (Å²) in [6.45, 7) is 1.53. The molecule has 5 nitrogen and oxygen atoms in total. The smallest absolute Gasteiger partial charge is 0.243 e. The molecule has 0 aliphatic carbocycles. The minimum atomic E-state index is -0.717. The number of hydrogen-bond acceptors (Lipinski definition) is 5. The monoisotopic (exact) mass is 295 g/mol. The van der Waals surface area contributed by atoms with Crippen molar-refractivity contribution in [3.8, 4) is 11.8 Å². The number of carbonyl (C=O) groups is 1. The number of hydrogen-bond donors (Lipinski definition) is 1. The lowest BCUT2D eigenvalue weighted by Crippen LogP contribution is -2.18. The Kier molecular flexibility index (Phi) is 3.88. The highest BCUT2D eigenvalue weighted by molar-refractivity contribution is 7.22. The zero-order valence-electron chi connectivity index (χ0n) is 10.2. The van der Waals surface area contributed by atoms with Crippen LogP contribution in [0.5, 0.6) is 5.75 Å². The first-order valence-electron chi connectivity index (χ1n) is 5.39. The van der Waals surface area contributed by atoms with E-state index in [0.717, 1.165) is 4.70 Å². The zero-order valence-corrected chi connectivity index (χ0v) is 11.8. The summed E-state index contributed by atoms with van der Waals surface area (Å²) in [5.74, 6) is -0.536. The molecule has 2 aromatic rings. The second kappa shape index (κ2) is 5.43. The maximum absolute atomic E-state index is 11.6. The topological polar surface area (TPSA) is 75.0 Å². The van der Waals surface area contributed by atoms with Gasteiger partial charge >= 0.3 is 0 Å². The third kappa shape index (κ3) is 2.78. The van der Waals surface area contributed by atoms with Gasteiger partial charge in [0.1, 0.15) is 11.7 Å². The van der Waals surface area contributed by atoms with Gasteiger partial charge < -0.3 is 10.1 Å². The Hall–Kier alpha value is -1.84. The van der Waals surface area contributed by atoms with Crippen molar-refractivity contribution in [3.63, 3.8) is 0 Å². The van der Waals surface area contributed by atoms with Gasteiger partial charge in [0, 0.05) is 6.07 Å². The van der Waals surface area contributed by atoms with Crippen LogP contribution in [0.3, 0.4) is 0 Å². The number of benzene rings is 1. The molecule has 0 aliphatic heterocycles. The van der Waals surface area contributed by atoms with E-state index in [1.54, 1.807) is 12.1 Å². The van der Waals surface area contributed by atoms with E-state index in [4.69, 9.17) is 21.6 Å². The van der Waals surface area contributed by atoms with Gasteiger partial charge in [-0.1, -0.05) is 22.9 Å². The van der Waals surface area contributed by atoms with E-state index in [0.29, 0.717) is 21.4 Å². The molecule has 0 radical (unpaired) electrons. The molecule has 1 aromatic carbocycles. The van der Waals surface area contributed by atoms with Crippen molar-refractivity contribution in [1.29, 1.82) is 5.26 Å². The summed E-state index contributed by atoms with van der Waals surface area (Å²) in [6.07, 6.45) is 0. The number of halogens is 1. The summed E-state index contributed by atoms with van der Waals surface area (Å²) in [5.41, 5.74) is 0.677. The van der Waals surface area contributed by atoms with Gasteiger partial charge in [-0.25, -0.2) is 4.98 Å². The van der Waals surface area contributed by atoms with Crippen LogP contribution in [0.15, 0.2) is 12.1 Å². The number of aromatic nitrogens is 1. The van der Waals surface area contributed by atoms with Crippen LogP contribution in [-0.2, 0) is 4.79 Å². The predicted molar refractivity (Wildman–Crippen MR) is 74.6 cm³/mol. The van der Waals surface area contributed by atoms with E-state index in [1.807, 2.05) is 6.07 Å². The molecule has 0 aliphatic rings. The number of methoxy groups -OCH3 is 1. The fourth-order valence-corrected chi connectivity index (χ4v) is 2.53. The largest absolute Gasteiger partial charge is 0.495 e. The zero-order chi connectivity index (χ0) is 14.0. The van der Waals surface area contributed by atoms with Crippen LogP contribution in [0.1, 0.15) is 6.92 Å². The van der Waals surface area contributed by atoms with Crippen LogP contribution in [0.4, 0.5) is 5.13 Å². The van der Waals surface area contributed by atoms with E-state index >= 15 is 0 Å². The lowest BCUT2D eigenvalue weighted by molar-refractivity contribution is -0.117. The van der Waals surface area contributed by atoms with Crippen LogP contribution in [-0.4, -0.2) is 18.0 Å². The van der Waals surface area contributed by atoms with Crippen LogP contribution in [0, 0.1) is 17.2 Å². The first-order chi connectivity index (χ1) is 9.05. The Balaban J connectivity index is 2.32. The molecule has 1 amide bonds. The van der Waals surface area contributed by atoms with Crippen molar-refractivity contribution < 1.29 is 9.53 Å². The number of nitriles is 1. The normalized spacial score (nSPS) is 11.9. The van der Waals surface area contributed by atoms with Crippen molar-refractivity contribution in [1.82, 2.24) is 4.98 Å². The number of carbonyl (C=O) groups excluding carboxylic acids is 1. The van der Waals surface area contributed by atoms with E-state index in [-0.39, 0.29) is 5.91 Å². The average molecular weight is 296 g/mol. The maximum atomic E-state index is 11.6. The van der Waals surface area contributed by atoms with Gasteiger partial charge in [-0.15, -0.1) is 0 Å². The van der Waals surface area contributed by atoms with E-state index in [9.17, 15) is 4.79 Å². The van der Waals surface area contributed by atoms with Crippen LogP contribution < -0.4 is 10.1 Å². The molecular formula is C12H10ClN3O2S. The molecule has 1 heterocycles. The quantitative estimate of drug-likeness (QED) is 0.944. The first-order valence-corrected chi connectivity index (χ1v) is 6.59. The Morgan fingerprint density at radius 3 is 3.00 bits per heavy atom. The molecule has 0 bridgehead atoms. The second-order valence-electron chi connectivity index (χ2n) is 3.81. The molecule has 19 heavy (non-hydrogen) atoms. The molecule has 1 atom stereocenters. The highest BCUT2D eigenvalue weighted by atomic mass is 35.5. The second-order valence-corrected chi connectivity index (χ2v) is 5.25.